The van der Waals surface area contributed by atoms with Crippen molar-refractivity contribution in [1.29, 1.82) is 0 Å². The number of amides is 2. The number of fused-ring (bicyclic) bond motifs is 1. The molecule has 154 valence electrons. The molecule has 0 radical (unpaired) electrons. The van der Waals surface area contributed by atoms with E-state index < -0.39 is 0 Å². The molecule has 2 saturated heterocycles. The Morgan fingerprint density at radius 1 is 1.31 bits per heavy atom. The van der Waals surface area contributed by atoms with Crippen molar-refractivity contribution in [3.63, 3.8) is 0 Å². The third-order valence-electron chi connectivity index (χ3n) is 7.41. The van der Waals surface area contributed by atoms with Gasteiger partial charge in [-0.25, -0.2) is 0 Å². The zero-order valence-corrected chi connectivity index (χ0v) is 17.1. The van der Waals surface area contributed by atoms with Gasteiger partial charge in [-0.3, -0.25) is 14.6 Å². The number of pyridine rings is 1. The van der Waals surface area contributed by atoms with Crippen molar-refractivity contribution in [2.24, 2.45) is 16.7 Å². The zero-order valence-electron chi connectivity index (χ0n) is 17.1. The Hall–Kier alpha value is -2.21. The lowest BCUT2D eigenvalue weighted by atomic mass is 9.83. The standard InChI is InChI=1S/C23H29N3O3/c1-22(14-29-15-22)11-20(27)26-6-3-23(4-7-26)10-19(23)13-25-21(28)17-8-16-2-5-24-12-18(16)9-17/h2,5,9,12,19H,3-4,6-8,10-11,13-15H2,1H3,(H,25,28). The molecule has 1 unspecified atom stereocenters. The van der Waals surface area contributed by atoms with E-state index in [0.717, 1.165) is 43.6 Å². The quantitative estimate of drug-likeness (QED) is 0.830. The molecule has 3 heterocycles. The van der Waals surface area contributed by atoms with E-state index in [9.17, 15) is 9.59 Å². The average molecular weight is 396 g/mol. The van der Waals surface area contributed by atoms with Gasteiger partial charge in [0.1, 0.15) is 0 Å². The molecule has 6 heteroatoms. The van der Waals surface area contributed by atoms with Crippen LogP contribution < -0.4 is 5.32 Å². The van der Waals surface area contributed by atoms with Crippen molar-refractivity contribution in [2.75, 3.05) is 32.8 Å². The van der Waals surface area contributed by atoms with Gasteiger partial charge in [-0.2, -0.15) is 0 Å². The summed E-state index contributed by atoms with van der Waals surface area (Å²) >= 11 is 0. The Bertz CT molecular complexity index is 866. The van der Waals surface area contributed by atoms with Crippen LogP contribution in [0.4, 0.5) is 0 Å². The first kappa shape index (κ1) is 18.8. The number of piperidine rings is 1. The number of likely N-dealkylation sites (tertiary alicyclic amines) is 1. The van der Waals surface area contributed by atoms with E-state index in [4.69, 9.17) is 4.74 Å². The van der Waals surface area contributed by atoms with E-state index in [0.29, 0.717) is 37.4 Å². The van der Waals surface area contributed by atoms with Crippen LogP contribution in [0.15, 0.2) is 24.0 Å². The van der Waals surface area contributed by atoms with Crippen molar-refractivity contribution in [3.8, 4) is 0 Å². The van der Waals surface area contributed by atoms with Crippen LogP contribution in [-0.2, 0) is 20.7 Å². The third-order valence-corrected chi connectivity index (χ3v) is 7.41. The van der Waals surface area contributed by atoms with E-state index in [2.05, 4.69) is 17.2 Å². The smallest absolute Gasteiger partial charge is 0.247 e. The first-order valence-corrected chi connectivity index (χ1v) is 10.7. The highest BCUT2D eigenvalue weighted by atomic mass is 16.5. The topological polar surface area (TPSA) is 71.5 Å². The van der Waals surface area contributed by atoms with Crippen LogP contribution >= 0.6 is 0 Å². The molecule has 0 bridgehead atoms. The summed E-state index contributed by atoms with van der Waals surface area (Å²) in [5.74, 6) is 0.873. The minimum atomic E-state index is 0.0449. The van der Waals surface area contributed by atoms with Crippen LogP contribution in [0, 0.1) is 16.7 Å². The number of ether oxygens (including phenoxy) is 1. The minimum Gasteiger partial charge on any atom is -0.380 e. The predicted octanol–water partition coefficient (Wildman–Crippen LogP) is 2.19. The molecule has 1 aromatic heterocycles. The highest BCUT2D eigenvalue weighted by Gasteiger charge is 2.55. The van der Waals surface area contributed by atoms with Gasteiger partial charge in [0.15, 0.2) is 0 Å². The predicted molar refractivity (Wildman–Crippen MR) is 109 cm³/mol. The monoisotopic (exact) mass is 395 g/mol. The summed E-state index contributed by atoms with van der Waals surface area (Å²) in [6.45, 7) is 6.00. The molecule has 1 N–H and O–H groups in total. The molecular weight excluding hydrogens is 366 g/mol. The second-order valence-electron chi connectivity index (χ2n) is 9.76. The molecule has 3 fully saturated rings. The molecule has 5 rings (SSSR count). The maximum absolute atomic E-state index is 12.6. The molecule has 2 aliphatic heterocycles. The van der Waals surface area contributed by atoms with Gasteiger partial charge in [-0.15, -0.1) is 0 Å². The lowest BCUT2D eigenvalue weighted by molar-refractivity contribution is -0.149. The van der Waals surface area contributed by atoms with Crippen LogP contribution in [0.2, 0.25) is 0 Å². The fraction of sp³-hybridized carbons (Fsp3) is 0.609. The molecular formula is C23H29N3O3. The maximum Gasteiger partial charge on any atom is 0.247 e. The van der Waals surface area contributed by atoms with Crippen LogP contribution in [0.1, 0.15) is 43.7 Å². The van der Waals surface area contributed by atoms with E-state index in [-0.39, 0.29) is 17.2 Å². The van der Waals surface area contributed by atoms with E-state index in [1.54, 1.807) is 6.20 Å². The Labute approximate surface area is 171 Å². The van der Waals surface area contributed by atoms with Crippen LogP contribution in [0.25, 0.3) is 6.08 Å². The Morgan fingerprint density at radius 3 is 2.79 bits per heavy atom. The highest BCUT2D eigenvalue weighted by Crippen LogP contribution is 2.59. The number of hydrogen-bond acceptors (Lipinski definition) is 4. The van der Waals surface area contributed by atoms with E-state index in [1.165, 1.54) is 12.0 Å². The van der Waals surface area contributed by atoms with Crippen molar-refractivity contribution >= 4 is 17.9 Å². The number of rotatable bonds is 5. The van der Waals surface area contributed by atoms with Crippen molar-refractivity contribution in [1.82, 2.24) is 15.2 Å². The van der Waals surface area contributed by atoms with Gasteiger partial charge < -0.3 is 15.0 Å². The summed E-state index contributed by atoms with van der Waals surface area (Å²) in [4.78, 5) is 31.3. The number of carbonyl (C=O) groups is 2. The number of aromatic nitrogens is 1. The van der Waals surface area contributed by atoms with Gasteiger partial charge in [-0.1, -0.05) is 6.92 Å². The van der Waals surface area contributed by atoms with Gasteiger partial charge in [0.2, 0.25) is 11.8 Å². The van der Waals surface area contributed by atoms with Gasteiger partial charge in [0.05, 0.1) is 13.2 Å². The molecule has 1 aromatic rings. The minimum absolute atomic E-state index is 0.0449. The Morgan fingerprint density at radius 2 is 2.10 bits per heavy atom. The summed E-state index contributed by atoms with van der Waals surface area (Å²) in [5, 5.41) is 3.15. The molecule has 4 aliphatic rings. The Kier molecular flexibility index (Phi) is 4.50. The summed E-state index contributed by atoms with van der Waals surface area (Å²) in [5.41, 5.74) is 3.44. The number of nitrogens with zero attached hydrogens (tertiary/aromatic N) is 2. The SMILES string of the molecule is CC1(CC(=O)N2CCC3(CC2)CC3CNC(=O)C2=Cc3cnccc3C2)COC1. The van der Waals surface area contributed by atoms with Crippen molar-refractivity contribution < 1.29 is 14.3 Å². The maximum atomic E-state index is 12.6. The van der Waals surface area contributed by atoms with Crippen LogP contribution in [0.3, 0.4) is 0 Å². The van der Waals surface area contributed by atoms with Gasteiger partial charge in [0.25, 0.3) is 0 Å². The fourth-order valence-corrected chi connectivity index (χ4v) is 5.21. The molecule has 1 atom stereocenters. The zero-order chi connectivity index (χ0) is 20.1. The largest absolute Gasteiger partial charge is 0.380 e. The third kappa shape index (κ3) is 3.59. The second-order valence-corrected chi connectivity index (χ2v) is 9.76. The highest BCUT2D eigenvalue weighted by molar-refractivity contribution is 6.00. The molecule has 1 spiro atoms. The molecule has 6 nitrogen and oxygen atoms in total. The fourth-order valence-electron chi connectivity index (χ4n) is 5.21. The van der Waals surface area contributed by atoms with Crippen molar-refractivity contribution in [3.05, 3.63) is 35.2 Å². The summed E-state index contributed by atoms with van der Waals surface area (Å²) in [7, 11) is 0. The van der Waals surface area contributed by atoms with E-state index in [1.807, 2.05) is 23.2 Å². The molecule has 1 saturated carbocycles. The number of nitrogens with one attached hydrogen (secondary N) is 1. The first-order chi connectivity index (χ1) is 14.0. The second kappa shape index (κ2) is 6.94. The van der Waals surface area contributed by atoms with Crippen molar-refractivity contribution in [2.45, 2.75) is 39.0 Å². The number of hydrogen-bond donors (Lipinski definition) is 1. The molecule has 2 aliphatic carbocycles. The van der Waals surface area contributed by atoms with Crippen LogP contribution in [0.5, 0.6) is 0 Å². The van der Waals surface area contributed by atoms with Gasteiger partial charge >= 0.3 is 0 Å². The number of carbonyl (C=O) groups excluding carboxylic acids is 2. The van der Waals surface area contributed by atoms with Gasteiger partial charge in [0, 0.05) is 55.9 Å². The van der Waals surface area contributed by atoms with E-state index >= 15 is 0 Å². The lowest BCUT2D eigenvalue weighted by Crippen LogP contribution is -2.47. The lowest BCUT2D eigenvalue weighted by Gasteiger charge is -2.40. The molecule has 2 amide bonds. The first-order valence-electron chi connectivity index (χ1n) is 10.7. The molecule has 0 aromatic carbocycles. The molecule has 29 heavy (non-hydrogen) atoms. The van der Waals surface area contributed by atoms with Crippen LogP contribution in [-0.4, -0.2) is 54.5 Å². The normalized spacial score (nSPS) is 25.8. The average Bonchev–Trinajstić information content (AvgIpc) is 3.17. The van der Waals surface area contributed by atoms with Gasteiger partial charge in [-0.05, 0) is 53.9 Å². The Balaban J connectivity index is 1.07. The summed E-state index contributed by atoms with van der Waals surface area (Å²) < 4.78 is 5.27. The summed E-state index contributed by atoms with van der Waals surface area (Å²) in [6.07, 6.45) is 10.1. The summed E-state index contributed by atoms with van der Waals surface area (Å²) in [6, 6.07) is 1.98.